The normalized spacial score (nSPS) is 13.1. The number of rotatable bonds is 5. The summed E-state index contributed by atoms with van der Waals surface area (Å²) in [5, 5.41) is 11.0. The Balaban J connectivity index is 2.24. The van der Waals surface area contributed by atoms with Crippen molar-refractivity contribution >= 4 is 21.4 Å². The first-order valence-electron chi connectivity index (χ1n) is 6.28. The maximum atomic E-state index is 11.8. The lowest BCUT2D eigenvalue weighted by molar-refractivity contribution is 0.588. The standard InChI is InChI=1S/C12H18N6O2S/c1-8(12-17-15-7-18(12)3)16-9-4-5-11(10(13)6-9)21(19,20)14-2/h4-8,14,16H,13H2,1-3H3. The van der Waals surface area contributed by atoms with E-state index in [1.165, 1.54) is 13.1 Å². The summed E-state index contributed by atoms with van der Waals surface area (Å²) in [6, 6.07) is 4.61. The van der Waals surface area contributed by atoms with Gasteiger partial charge in [0.2, 0.25) is 10.0 Å². The van der Waals surface area contributed by atoms with Gasteiger partial charge in [-0.2, -0.15) is 0 Å². The summed E-state index contributed by atoms with van der Waals surface area (Å²) in [6.45, 7) is 1.93. The quantitative estimate of drug-likeness (QED) is 0.692. The lowest BCUT2D eigenvalue weighted by Crippen LogP contribution is -2.20. The van der Waals surface area contributed by atoms with Gasteiger partial charge in [0.1, 0.15) is 11.2 Å². The second kappa shape index (κ2) is 5.70. The van der Waals surface area contributed by atoms with E-state index in [0.717, 1.165) is 5.82 Å². The van der Waals surface area contributed by atoms with Gasteiger partial charge in [0, 0.05) is 12.7 Å². The number of aryl methyl sites for hydroxylation is 1. The number of benzene rings is 1. The fourth-order valence-corrected chi connectivity index (χ4v) is 2.83. The second-order valence-corrected chi connectivity index (χ2v) is 6.48. The van der Waals surface area contributed by atoms with Crippen LogP contribution in [0.3, 0.4) is 0 Å². The van der Waals surface area contributed by atoms with Crippen LogP contribution in [-0.2, 0) is 17.1 Å². The molecular formula is C12H18N6O2S. The molecule has 2 aromatic rings. The molecule has 4 N–H and O–H groups in total. The van der Waals surface area contributed by atoms with Gasteiger partial charge < -0.3 is 15.6 Å². The number of sulfonamides is 1. The molecule has 0 aliphatic rings. The van der Waals surface area contributed by atoms with Gasteiger partial charge in [0.15, 0.2) is 5.82 Å². The van der Waals surface area contributed by atoms with Crippen LogP contribution in [0.15, 0.2) is 29.4 Å². The molecule has 8 nitrogen and oxygen atoms in total. The maximum absolute atomic E-state index is 11.8. The highest BCUT2D eigenvalue weighted by molar-refractivity contribution is 7.89. The third-order valence-corrected chi connectivity index (χ3v) is 4.57. The van der Waals surface area contributed by atoms with Gasteiger partial charge in [0.05, 0.1) is 11.7 Å². The van der Waals surface area contributed by atoms with Crippen LogP contribution in [0.2, 0.25) is 0 Å². The molecule has 1 unspecified atom stereocenters. The van der Waals surface area contributed by atoms with Crippen molar-refractivity contribution in [2.75, 3.05) is 18.1 Å². The Bertz CT molecular complexity index is 740. The van der Waals surface area contributed by atoms with Crippen molar-refractivity contribution in [1.82, 2.24) is 19.5 Å². The zero-order valence-electron chi connectivity index (χ0n) is 12.0. The Morgan fingerprint density at radius 1 is 1.38 bits per heavy atom. The Kier molecular flexibility index (Phi) is 4.14. The molecule has 1 heterocycles. The highest BCUT2D eigenvalue weighted by Gasteiger charge is 2.16. The van der Waals surface area contributed by atoms with Gasteiger partial charge in [-0.15, -0.1) is 10.2 Å². The summed E-state index contributed by atoms with van der Waals surface area (Å²) in [5.74, 6) is 0.764. The molecule has 0 saturated carbocycles. The number of aromatic nitrogens is 3. The molecule has 0 spiro atoms. The van der Waals surface area contributed by atoms with E-state index in [-0.39, 0.29) is 16.6 Å². The molecule has 0 aliphatic heterocycles. The fraction of sp³-hybridized carbons (Fsp3) is 0.333. The Hall–Kier alpha value is -2.13. The van der Waals surface area contributed by atoms with Crippen LogP contribution in [0.1, 0.15) is 18.8 Å². The topological polar surface area (TPSA) is 115 Å². The van der Waals surface area contributed by atoms with Crippen LogP contribution < -0.4 is 15.8 Å². The Morgan fingerprint density at radius 2 is 2.10 bits per heavy atom. The van der Waals surface area contributed by atoms with Crippen molar-refractivity contribution in [3.8, 4) is 0 Å². The fourth-order valence-electron chi connectivity index (χ4n) is 1.99. The molecular weight excluding hydrogens is 292 g/mol. The lowest BCUT2D eigenvalue weighted by Gasteiger charge is -2.15. The van der Waals surface area contributed by atoms with Crippen LogP contribution in [0, 0.1) is 0 Å². The highest BCUT2D eigenvalue weighted by Crippen LogP contribution is 2.24. The number of nitrogens with two attached hydrogens (primary N) is 1. The third-order valence-electron chi connectivity index (χ3n) is 3.08. The smallest absolute Gasteiger partial charge is 0.242 e. The predicted molar refractivity (Wildman–Crippen MR) is 80.1 cm³/mol. The van der Waals surface area contributed by atoms with Crippen molar-refractivity contribution in [3.05, 3.63) is 30.4 Å². The summed E-state index contributed by atoms with van der Waals surface area (Å²) in [4.78, 5) is 0.0573. The van der Waals surface area contributed by atoms with Crippen molar-refractivity contribution in [3.63, 3.8) is 0 Å². The van der Waals surface area contributed by atoms with Crippen molar-refractivity contribution in [2.45, 2.75) is 17.9 Å². The molecule has 114 valence electrons. The number of nitrogens with zero attached hydrogens (tertiary/aromatic N) is 3. The van der Waals surface area contributed by atoms with Crippen LogP contribution >= 0.6 is 0 Å². The van der Waals surface area contributed by atoms with Crippen LogP contribution in [-0.4, -0.2) is 30.2 Å². The minimum absolute atomic E-state index is 0.0573. The lowest BCUT2D eigenvalue weighted by atomic mass is 10.2. The molecule has 0 saturated heterocycles. The van der Waals surface area contributed by atoms with E-state index in [9.17, 15) is 8.42 Å². The summed E-state index contributed by atoms with van der Waals surface area (Å²) < 4.78 is 27.6. The number of hydrogen-bond donors (Lipinski definition) is 3. The highest BCUT2D eigenvalue weighted by atomic mass is 32.2. The van der Waals surface area contributed by atoms with Gasteiger partial charge in [-0.3, -0.25) is 0 Å². The molecule has 9 heteroatoms. The van der Waals surface area contributed by atoms with E-state index in [1.807, 2.05) is 14.0 Å². The van der Waals surface area contributed by atoms with E-state index in [2.05, 4.69) is 20.2 Å². The van der Waals surface area contributed by atoms with E-state index in [0.29, 0.717) is 5.69 Å². The Labute approximate surface area is 123 Å². The van der Waals surface area contributed by atoms with E-state index in [4.69, 9.17) is 5.73 Å². The van der Waals surface area contributed by atoms with Gasteiger partial charge in [-0.1, -0.05) is 0 Å². The first-order valence-corrected chi connectivity index (χ1v) is 7.77. The van der Waals surface area contributed by atoms with E-state index in [1.54, 1.807) is 23.0 Å². The van der Waals surface area contributed by atoms with Crippen molar-refractivity contribution in [2.24, 2.45) is 7.05 Å². The van der Waals surface area contributed by atoms with E-state index >= 15 is 0 Å². The van der Waals surface area contributed by atoms with Gasteiger partial charge in [-0.25, -0.2) is 13.1 Å². The molecule has 1 atom stereocenters. The molecule has 0 bridgehead atoms. The molecule has 21 heavy (non-hydrogen) atoms. The number of anilines is 2. The number of nitrogen functional groups attached to an aromatic ring is 1. The molecule has 0 amide bonds. The Morgan fingerprint density at radius 3 is 2.62 bits per heavy atom. The summed E-state index contributed by atoms with van der Waals surface area (Å²) >= 11 is 0. The number of nitrogens with one attached hydrogen (secondary N) is 2. The molecule has 0 fully saturated rings. The van der Waals surface area contributed by atoms with E-state index < -0.39 is 10.0 Å². The summed E-state index contributed by atoms with van der Waals surface area (Å²) in [5.41, 5.74) is 6.70. The average molecular weight is 310 g/mol. The molecule has 2 rings (SSSR count). The minimum Gasteiger partial charge on any atom is -0.398 e. The SMILES string of the molecule is CNS(=O)(=O)c1ccc(NC(C)c2nncn2C)cc1N. The maximum Gasteiger partial charge on any atom is 0.242 e. The molecule has 1 aromatic heterocycles. The molecule has 0 aliphatic carbocycles. The zero-order chi connectivity index (χ0) is 15.6. The van der Waals surface area contributed by atoms with Crippen LogP contribution in [0.4, 0.5) is 11.4 Å². The minimum atomic E-state index is -3.55. The largest absolute Gasteiger partial charge is 0.398 e. The van der Waals surface area contributed by atoms with Gasteiger partial charge in [0.25, 0.3) is 0 Å². The number of hydrogen-bond acceptors (Lipinski definition) is 6. The zero-order valence-corrected chi connectivity index (χ0v) is 12.8. The predicted octanol–water partition coefficient (Wildman–Crippen LogP) is 0.478. The monoisotopic (exact) mass is 310 g/mol. The second-order valence-electron chi connectivity index (χ2n) is 4.63. The van der Waals surface area contributed by atoms with Gasteiger partial charge >= 0.3 is 0 Å². The summed E-state index contributed by atoms with van der Waals surface area (Å²) in [7, 11) is -0.357. The van der Waals surface area contributed by atoms with Crippen LogP contribution in [0.5, 0.6) is 0 Å². The average Bonchev–Trinajstić information content (AvgIpc) is 2.85. The molecule has 1 aromatic carbocycles. The van der Waals surface area contributed by atoms with Gasteiger partial charge in [-0.05, 0) is 32.2 Å². The summed E-state index contributed by atoms with van der Waals surface area (Å²) in [6.07, 6.45) is 1.62. The van der Waals surface area contributed by atoms with Crippen molar-refractivity contribution < 1.29 is 8.42 Å². The first kappa shape index (κ1) is 15.3. The first-order chi connectivity index (χ1) is 9.85. The molecule has 0 radical (unpaired) electrons. The third kappa shape index (κ3) is 3.14. The van der Waals surface area contributed by atoms with Crippen LogP contribution in [0.25, 0.3) is 0 Å². The van der Waals surface area contributed by atoms with Crippen molar-refractivity contribution in [1.29, 1.82) is 0 Å².